The summed E-state index contributed by atoms with van der Waals surface area (Å²) >= 11 is 0. The van der Waals surface area contributed by atoms with E-state index in [1.807, 2.05) is 44.2 Å². The quantitative estimate of drug-likeness (QED) is 0.466. The van der Waals surface area contributed by atoms with E-state index in [4.69, 9.17) is 23.7 Å². The van der Waals surface area contributed by atoms with Crippen molar-refractivity contribution < 1.29 is 38.0 Å². The lowest BCUT2D eigenvalue weighted by molar-refractivity contribution is -0.190. The Hall–Kier alpha value is -1.84. The molecule has 1 aromatic rings. The molecule has 4 atom stereocenters. The third-order valence-electron chi connectivity index (χ3n) is 5.03. The number of esters is 1. The van der Waals surface area contributed by atoms with Crippen molar-refractivity contribution in [2.75, 3.05) is 13.7 Å². The number of rotatable bonds is 8. The first-order chi connectivity index (χ1) is 14.1. The molecule has 166 valence electrons. The molecule has 2 heterocycles. The highest BCUT2D eigenvalue weighted by Crippen LogP contribution is 2.37. The monoisotopic (exact) mass is 422 g/mol. The Bertz CT molecular complexity index is 745. The molecule has 0 aliphatic carbocycles. The fourth-order valence-corrected chi connectivity index (χ4v) is 3.74. The van der Waals surface area contributed by atoms with Crippen molar-refractivity contribution in [2.24, 2.45) is 0 Å². The molecule has 0 saturated carbocycles. The van der Waals surface area contributed by atoms with Crippen molar-refractivity contribution in [2.45, 2.75) is 76.7 Å². The predicted octanol–water partition coefficient (Wildman–Crippen LogP) is 2.38. The van der Waals surface area contributed by atoms with Crippen LogP contribution >= 0.6 is 0 Å². The summed E-state index contributed by atoms with van der Waals surface area (Å²) in [5.41, 5.74) is 0.987. The van der Waals surface area contributed by atoms with Gasteiger partial charge in [0, 0.05) is 6.42 Å². The van der Waals surface area contributed by atoms with Gasteiger partial charge < -0.3 is 28.4 Å². The first-order valence-electron chi connectivity index (χ1n) is 10.0. The zero-order valence-electron chi connectivity index (χ0n) is 18.1. The largest absolute Gasteiger partial charge is 0.463 e. The van der Waals surface area contributed by atoms with Crippen molar-refractivity contribution in [3.05, 3.63) is 35.9 Å². The van der Waals surface area contributed by atoms with Gasteiger partial charge in [0.2, 0.25) is 5.78 Å². The molecule has 0 spiro atoms. The molecule has 1 aromatic carbocycles. The van der Waals surface area contributed by atoms with Gasteiger partial charge in [-0.2, -0.15) is 0 Å². The van der Waals surface area contributed by atoms with Crippen LogP contribution in [0, 0.1) is 0 Å². The molecule has 8 nitrogen and oxygen atoms in total. The molecular weight excluding hydrogens is 392 g/mol. The molecule has 2 aliphatic rings. The summed E-state index contributed by atoms with van der Waals surface area (Å²) in [6.07, 6.45) is -2.52. The van der Waals surface area contributed by atoms with Gasteiger partial charge in [0.1, 0.15) is 18.3 Å². The van der Waals surface area contributed by atoms with Crippen molar-refractivity contribution in [3.63, 3.8) is 0 Å². The minimum Gasteiger partial charge on any atom is -0.463 e. The standard InChI is InChI=1S/C22H30O8/c1-21(2)27-13-17(29-21)18(26-12-14-9-7-6-8-10-14)19-16(28-22(3,4)30-19)11-15(23)20(24)25-5/h6-10,16-19H,11-13H2,1-5H3/t16-,17-,18-,19-/m1/s1. The topological polar surface area (TPSA) is 89.5 Å². The van der Waals surface area contributed by atoms with E-state index < -0.39 is 47.7 Å². The Morgan fingerprint density at radius 1 is 1.07 bits per heavy atom. The van der Waals surface area contributed by atoms with Gasteiger partial charge in [-0.3, -0.25) is 4.79 Å². The summed E-state index contributed by atoms with van der Waals surface area (Å²) in [6.45, 7) is 7.80. The number of carbonyl (C=O) groups is 2. The zero-order chi connectivity index (χ0) is 21.9. The van der Waals surface area contributed by atoms with Gasteiger partial charge in [0.05, 0.1) is 26.4 Å². The highest BCUT2D eigenvalue weighted by molar-refractivity contribution is 6.33. The Morgan fingerprint density at radius 3 is 2.37 bits per heavy atom. The second-order valence-electron chi connectivity index (χ2n) is 8.39. The van der Waals surface area contributed by atoms with Crippen LogP contribution in [0.4, 0.5) is 0 Å². The van der Waals surface area contributed by atoms with Gasteiger partial charge in [-0.15, -0.1) is 0 Å². The van der Waals surface area contributed by atoms with E-state index in [1.165, 1.54) is 7.11 Å². The fraction of sp³-hybridized carbons (Fsp3) is 0.636. The van der Waals surface area contributed by atoms with E-state index in [2.05, 4.69) is 4.74 Å². The molecule has 3 rings (SSSR count). The number of methoxy groups -OCH3 is 1. The lowest BCUT2D eigenvalue weighted by Gasteiger charge is -2.31. The SMILES string of the molecule is COC(=O)C(=O)C[C@H]1OC(C)(C)O[C@H]1[C@H](OCc1ccccc1)[C@H]1COC(C)(C)O1. The predicted molar refractivity (Wildman–Crippen MR) is 105 cm³/mol. The summed E-state index contributed by atoms with van der Waals surface area (Å²) in [4.78, 5) is 23.9. The minimum absolute atomic E-state index is 0.178. The average molecular weight is 422 g/mol. The van der Waals surface area contributed by atoms with Crippen LogP contribution in [-0.4, -0.2) is 61.5 Å². The van der Waals surface area contributed by atoms with Crippen molar-refractivity contribution >= 4 is 11.8 Å². The van der Waals surface area contributed by atoms with E-state index >= 15 is 0 Å². The van der Waals surface area contributed by atoms with Gasteiger partial charge in [0.15, 0.2) is 11.6 Å². The van der Waals surface area contributed by atoms with Gasteiger partial charge in [-0.1, -0.05) is 30.3 Å². The Balaban J connectivity index is 1.81. The number of hydrogen-bond donors (Lipinski definition) is 0. The third kappa shape index (κ3) is 5.65. The van der Waals surface area contributed by atoms with E-state index in [9.17, 15) is 9.59 Å². The van der Waals surface area contributed by atoms with Gasteiger partial charge >= 0.3 is 5.97 Å². The number of carbonyl (C=O) groups excluding carboxylic acids is 2. The molecule has 0 aromatic heterocycles. The van der Waals surface area contributed by atoms with Gasteiger partial charge in [-0.05, 0) is 33.3 Å². The van der Waals surface area contributed by atoms with Crippen LogP contribution in [0.15, 0.2) is 30.3 Å². The first-order valence-corrected chi connectivity index (χ1v) is 10.0. The van der Waals surface area contributed by atoms with E-state index in [1.54, 1.807) is 13.8 Å². The van der Waals surface area contributed by atoms with E-state index in [-0.39, 0.29) is 6.42 Å². The van der Waals surface area contributed by atoms with Crippen LogP contribution in [0.2, 0.25) is 0 Å². The lowest BCUT2D eigenvalue weighted by Crippen LogP contribution is -2.47. The summed E-state index contributed by atoms with van der Waals surface area (Å²) in [5.74, 6) is -3.30. The summed E-state index contributed by atoms with van der Waals surface area (Å²) in [5, 5.41) is 0. The van der Waals surface area contributed by atoms with Gasteiger partial charge in [0.25, 0.3) is 0 Å². The van der Waals surface area contributed by atoms with Crippen LogP contribution in [0.5, 0.6) is 0 Å². The molecule has 2 saturated heterocycles. The maximum Gasteiger partial charge on any atom is 0.374 e. The van der Waals surface area contributed by atoms with Crippen molar-refractivity contribution in [1.29, 1.82) is 0 Å². The number of ether oxygens (including phenoxy) is 6. The third-order valence-corrected chi connectivity index (χ3v) is 5.03. The number of Topliss-reactive ketones (excluding diaryl/α,β-unsaturated/α-hetero) is 1. The molecular formula is C22H30O8. The molecule has 2 aliphatic heterocycles. The molecule has 0 N–H and O–H groups in total. The number of benzene rings is 1. The Kier molecular flexibility index (Phi) is 6.94. The summed E-state index contributed by atoms with van der Waals surface area (Å²) < 4.78 is 34.6. The van der Waals surface area contributed by atoms with Gasteiger partial charge in [-0.25, -0.2) is 4.79 Å². The molecule has 2 fully saturated rings. The summed E-state index contributed by atoms with van der Waals surface area (Å²) in [7, 11) is 1.17. The van der Waals surface area contributed by atoms with Crippen LogP contribution in [-0.2, 0) is 44.6 Å². The lowest BCUT2D eigenvalue weighted by atomic mass is 9.99. The van der Waals surface area contributed by atoms with E-state index in [0.717, 1.165) is 5.56 Å². The van der Waals surface area contributed by atoms with Crippen molar-refractivity contribution in [3.8, 4) is 0 Å². The van der Waals surface area contributed by atoms with Crippen LogP contribution in [0.3, 0.4) is 0 Å². The molecule has 0 bridgehead atoms. The maximum absolute atomic E-state index is 12.2. The molecule has 0 unspecified atom stereocenters. The Morgan fingerprint density at radius 2 is 1.77 bits per heavy atom. The highest BCUT2D eigenvalue weighted by atomic mass is 16.8. The number of ketones is 1. The molecule has 8 heteroatoms. The molecule has 0 amide bonds. The molecule has 0 radical (unpaired) electrons. The van der Waals surface area contributed by atoms with Crippen LogP contribution in [0.1, 0.15) is 39.7 Å². The maximum atomic E-state index is 12.2. The molecule has 30 heavy (non-hydrogen) atoms. The highest BCUT2D eigenvalue weighted by Gasteiger charge is 2.51. The zero-order valence-corrected chi connectivity index (χ0v) is 18.1. The first kappa shape index (κ1) is 22.8. The second-order valence-corrected chi connectivity index (χ2v) is 8.39. The summed E-state index contributed by atoms with van der Waals surface area (Å²) in [6, 6.07) is 9.72. The van der Waals surface area contributed by atoms with Crippen LogP contribution in [0.25, 0.3) is 0 Å². The normalized spacial score (nSPS) is 28.2. The number of hydrogen-bond acceptors (Lipinski definition) is 8. The second kappa shape index (κ2) is 9.11. The fourth-order valence-electron chi connectivity index (χ4n) is 3.74. The van der Waals surface area contributed by atoms with E-state index in [0.29, 0.717) is 13.2 Å². The minimum atomic E-state index is -0.949. The average Bonchev–Trinajstić information content (AvgIpc) is 3.20. The Labute approximate surface area is 176 Å². The van der Waals surface area contributed by atoms with Crippen molar-refractivity contribution in [1.82, 2.24) is 0 Å². The van der Waals surface area contributed by atoms with Crippen LogP contribution < -0.4 is 0 Å². The smallest absolute Gasteiger partial charge is 0.374 e.